The molecule has 0 bridgehead atoms. The Balaban J connectivity index is 1.65. The standard InChI is InChI=1S/C22H24N2O/c1-16(2)18-8-9-21-19(12-18)13-20-15-24(10-11-25-22(20)23-21)14-17-6-4-3-5-7-17/h3-9,12-13,16H,10-11,14-15H2,1-2H3. The van der Waals surface area contributed by atoms with Gasteiger partial charge in [-0.05, 0) is 35.2 Å². The highest BCUT2D eigenvalue weighted by molar-refractivity contribution is 5.81. The first kappa shape index (κ1) is 16.1. The van der Waals surface area contributed by atoms with Crippen molar-refractivity contribution in [3.05, 3.63) is 71.3 Å². The largest absolute Gasteiger partial charge is 0.476 e. The minimum Gasteiger partial charge on any atom is -0.476 e. The van der Waals surface area contributed by atoms with Gasteiger partial charge in [0.05, 0.1) is 5.52 Å². The maximum atomic E-state index is 5.95. The summed E-state index contributed by atoms with van der Waals surface area (Å²) in [6.07, 6.45) is 0. The van der Waals surface area contributed by atoms with E-state index in [2.05, 4.69) is 73.3 Å². The maximum absolute atomic E-state index is 5.95. The summed E-state index contributed by atoms with van der Waals surface area (Å²) in [5.74, 6) is 1.31. The van der Waals surface area contributed by atoms with Crippen LogP contribution in [-0.4, -0.2) is 23.0 Å². The quantitative estimate of drug-likeness (QED) is 0.692. The summed E-state index contributed by atoms with van der Waals surface area (Å²) in [5, 5.41) is 1.20. The van der Waals surface area contributed by atoms with Crippen molar-refractivity contribution in [2.45, 2.75) is 32.9 Å². The van der Waals surface area contributed by atoms with Crippen molar-refractivity contribution in [2.24, 2.45) is 0 Å². The van der Waals surface area contributed by atoms with E-state index in [0.717, 1.165) is 31.0 Å². The Labute approximate surface area is 149 Å². The smallest absolute Gasteiger partial charge is 0.218 e. The van der Waals surface area contributed by atoms with Gasteiger partial charge in [-0.25, -0.2) is 4.98 Å². The van der Waals surface area contributed by atoms with Crippen LogP contribution in [0.1, 0.15) is 36.5 Å². The van der Waals surface area contributed by atoms with Crippen molar-refractivity contribution in [2.75, 3.05) is 13.2 Å². The average molecular weight is 332 g/mol. The Kier molecular flexibility index (Phi) is 4.41. The second kappa shape index (κ2) is 6.85. The molecule has 0 aliphatic carbocycles. The van der Waals surface area contributed by atoms with E-state index < -0.39 is 0 Å². The van der Waals surface area contributed by atoms with Crippen LogP contribution in [0.3, 0.4) is 0 Å². The van der Waals surface area contributed by atoms with E-state index in [-0.39, 0.29) is 0 Å². The Hall–Kier alpha value is -2.39. The number of benzene rings is 2. The molecule has 4 rings (SSSR count). The fourth-order valence-corrected chi connectivity index (χ4v) is 3.39. The van der Waals surface area contributed by atoms with Crippen LogP contribution in [0, 0.1) is 0 Å². The predicted molar refractivity (Wildman–Crippen MR) is 102 cm³/mol. The Morgan fingerprint density at radius 2 is 1.92 bits per heavy atom. The SMILES string of the molecule is CC(C)c1ccc2nc3c(cc2c1)CN(Cc1ccccc1)CCO3. The normalized spacial score (nSPS) is 15.0. The Bertz CT molecular complexity index is 874. The third-order valence-electron chi connectivity index (χ3n) is 4.83. The van der Waals surface area contributed by atoms with Crippen molar-refractivity contribution in [1.82, 2.24) is 9.88 Å². The maximum Gasteiger partial charge on any atom is 0.218 e. The van der Waals surface area contributed by atoms with Crippen molar-refractivity contribution in [1.29, 1.82) is 0 Å². The third-order valence-corrected chi connectivity index (χ3v) is 4.83. The van der Waals surface area contributed by atoms with Gasteiger partial charge in [0.15, 0.2) is 0 Å². The van der Waals surface area contributed by atoms with Gasteiger partial charge in [0.2, 0.25) is 5.88 Å². The van der Waals surface area contributed by atoms with Gasteiger partial charge in [-0.15, -0.1) is 0 Å². The van der Waals surface area contributed by atoms with Gasteiger partial charge in [-0.2, -0.15) is 0 Å². The predicted octanol–water partition coefficient (Wildman–Crippen LogP) is 4.75. The molecule has 0 radical (unpaired) electrons. The molecule has 2 heterocycles. The molecule has 25 heavy (non-hydrogen) atoms. The molecule has 0 amide bonds. The summed E-state index contributed by atoms with van der Waals surface area (Å²) in [4.78, 5) is 7.20. The number of hydrogen-bond acceptors (Lipinski definition) is 3. The molecule has 128 valence electrons. The van der Waals surface area contributed by atoms with E-state index in [1.54, 1.807) is 0 Å². The zero-order valence-electron chi connectivity index (χ0n) is 14.9. The van der Waals surface area contributed by atoms with Crippen molar-refractivity contribution in [3.63, 3.8) is 0 Å². The lowest BCUT2D eigenvalue weighted by atomic mass is 10.0. The van der Waals surface area contributed by atoms with E-state index in [9.17, 15) is 0 Å². The molecule has 0 saturated carbocycles. The lowest BCUT2D eigenvalue weighted by Gasteiger charge is -2.19. The highest BCUT2D eigenvalue weighted by Crippen LogP contribution is 2.28. The molecule has 0 N–H and O–H groups in total. The molecule has 3 heteroatoms. The molecule has 0 spiro atoms. The first-order valence-corrected chi connectivity index (χ1v) is 9.02. The molecule has 0 fully saturated rings. The molecule has 1 aliphatic rings. The molecule has 0 saturated heterocycles. The second-order valence-corrected chi connectivity index (χ2v) is 7.10. The third kappa shape index (κ3) is 3.52. The molecular weight excluding hydrogens is 308 g/mol. The Morgan fingerprint density at radius 1 is 1.08 bits per heavy atom. The summed E-state index contributed by atoms with van der Waals surface area (Å²) in [5.41, 5.74) is 4.88. The lowest BCUT2D eigenvalue weighted by Crippen LogP contribution is -2.25. The number of rotatable bonds is 3. The van der Waals surface area contributed by atoms with E-state index in [0.29, 0.717) is 12.5 Å². The van der Waals surface area contributed by atoms with Gasteiger partial charge < -0.3 is 4.74 Å². The zero-order valence-corrected chi connectivity index (χ0v) is 14.9. The molecule has 3 nitrogen and oxygen atoms in total. The van der Waals surface area contributed by atoms with Gasteiger partial charge >= 0.3 is 0 Å². The fourth-order valence-electron chi connectivity index (χ4n) is 3.39. The van der Waals surface area contributed by atoms with Gasteiger partial charge in [0, 0.05) is 30.6 Å². The van der Waals surface area contributed by atoms with Crippen LogP contribution in [0.25, 0.3) is 10.9 Å². The average Bonchev–Trinajstić information content (AvgIpc) is 2.81. The summed E-state index contributed by atoms with van der Waals surface area (Å²) < 4.78 is 5.95. The number of ether oxygens (including phenoxy) is 1. The summed E-state index contributed by atoms with van der Waals surface area (Å²) >= 11 is 0. The number of nitrogens with zero attached hydrogens (tertiary/aromatic N) is 2. The molecule has 1 aromatic heterocycles. The molecule has 1 aliphatic heterocycles. The summed E-state index contributed by atoms with van der Waals surface area (Å²) in [7, 11) is 0. The fraction of sp³-hybridized carbons (Fsp3) is 0.318. The van der Waals surface area contributed by atoms with E-state index >= 15 is 0 Å². The van der Waals surface area contributed by atoms with Crippen LogP contribution in [0.2, 0.25) is 0 Å². The minimum absolute atomic E-state index is 0.522. The molecule has 0 atom stereocenters. The number of fused-ring (bicyclic) bond motifs is 2. The van der Waals surface area contributed by atoms with Crippen LogP contribution in [0.15, 0.2) is 54.6 Å². The lowest BCUT2D eigenvalue weighted by molar-refractivity contribution is 0.217. The molecule has 3 aromatic rings. The summed E-state index contributed by atoms with van der Waals surface area (Å²) in [6.45, 7) is 7.86. The Morgan fingerprint density at radius 3 is 2.72 bits per heavy atom. The van der Waals surface area contributed by atoms with E-state index in [4.69, 9.17) is 9.72 Å². The van der Waals surface area contributed by atoms with Gasteiger partial charge in [0.25, 0.3) is 0 Å². The van der Waals surface area contributed by atoms with Crippen molar-refractivity contribution >= 4 is 10.9 Å². The number of hydrogen-bond donors (Lipinski definition) is 0. The van der Waals surface area contributed by atoms with Gasteiger partial charge in [0.1, 0.15) is 6.61 Å². The zero-order chi connectivity index (χ0) is 17.2. The first-order chi connectivity index (χ1) is 12.2. The molecule has 0 unspecified atom stereocenters. The van der Waals surface area contributed by atoms with Crippen LogP contribution in [-0.2, 0) is 13.1 Å². The summed E-state index contributed by atoms with van der Waals surface area (Å²) in [6, 6.07) is 19.4. The number of aromatic nitrogens is 1. The van der Waals surface area contributed by atoms with E-state index in [1.807, 2.05) is 0 Å². The number of pyridine rings is 1. The van der Waals surface area contributed by atoms with Gasteiger partial charge in [-0.3, -0.25) is 4.90 Å². The molecular formula is C22H24N2O. The minimum atomic E-state index is 0.522. The van der Waals surface area contributed by atoms with Crippen LogP contribution < -0.4 is 4.74 Å². The van der Waals surface area contributed by atoms with Crippen LogP contribution >= 0.6 is 0 Å². The molecule has 2 aromatic carbocycles. The highest BCUT2D eigenvalue weighted by Gasteiger charge is 2.18. The topological polar surface area (TPSA) is 25.4 Å². The van der Waals surface area contributed by atoms with E-state index in [1.165, 1.54) is 22.1 Å². The first-order valence-electron chi connectivity index (χ1n) is 9.02. The second-order valence-electron chi connectivity index (χ2n) is 7.10. The highest BCUT2D eigenvalue weighted by atomic mass is 16.5. The van der Waals surface area contributed by atoms with Crippen LogP contribution in [0.5, 0.6) is 5.88 Å². The van der Waals surface area contributed by atoms with Crippen LogP contribution in [0.4, 0.5) is 0 Å². The van der Waals surface area contributed by atoms with Gasteiger partial charge in [-0.1, -0.05) is 50.2 Å². The van der Waals surface area contributed by atoms with Crippen molar-refractivity contribution in [3.8, 4) is 5.88 Å². The van der Waals surface area contributed by atoms with Crippen molar-refractivity contribution < 1.29 is 4.74 Å². The monoisotopic (exact) mass is 332 g/mol.